The third-order valence-electron chi connectivity index (χ3n) is 4.15. The van der Waals surface area contributed by atoms with E-state index in [1.54, 1.807) is 0 Å². The van der Waals surface area contributed by atoms with Gasteiger partial charge in [0.05, 0.1) is 17.8 Å². The largest absolute Gasteiger partial charge is 0.349 e. The van der Waals surface area contributed by atoms with Gasteiger partial charge in [0.25, 0.3) is 0 Å². The minimum atomic E-state index is -0.147. The van der Waals surface area contributed by atoms with Gasteiger partial charge in [0, 0.05) is 12.4 Å². The molecule has 0 aliphatic heterocycles. The molecule has 0 saturated heterocycles. The normalized spacial score (nSPS) is 11.3. The number of aryl methyl sites for hydroxylation is 2. The molecule has 4 rings (SSSR count). The fourth-order valence-corrected chi connectivity index (χ4v) is 2.92. The molecule has 0 bridgehead atoms. The molecular formula is C18H18N6O. The van der Waals surface area contributed by atoms with Crippen molar-refractivity contribution in [3.8, 4) is 0 Å². The Balaban J connectivity index is 1.47. The lowest BCUT2D eigenvalue weighted by Gasteiger charge is -2.03. The molecule has 7 nitrogen and oxygen atoms in total. The van der Waals surface area contributed by atoms with Crippen LogP contribution in [0.4, 0.5) is 0 Å². The van der Waals surface area contributed by atoms with E-state index in [0.717, 1.165) is 27.6 Å². The van der Waals surface area contributed by atoms with Crippen LogP contribution in [0.3, 0.4) is 0 Å². The minimum absolute atomic E-state index is 0.0818. The van der Waals surface area contributed by atoms with E-state index in [0.29, 0.717) is 6.54 Å². The highest BCUT2D eigenvalue weighted by Crippen LogP contribution is 2.19. The molecule has 1 N–H and O–H groups in total. The van der Waals surface area contributed by atoms with Crippen molar-refractivity contribution < 1.29 is 4.79 Å². The lowest BCUT2D eigenvalue weighted by molar-refractivity contribution is -0.122. The number of nitrogens with one attached hydrogen (secondary N) is 1. The molecule has 126 valence electrons. The molecule has 0 radical (unpaired) electrons. The zero-order chi connectivity index (χ0) is 17.4. The van der Waals surface area contributed by atoms with Crippen LogP contribution in [0.25, 0.3) is 21.9 Å². The fourth-order valence-electron chi connectivity index (χ4n) is 2.92. The Labute approximate surface area is 144 Å². The summed E-state index contributed by atoms with van der Waals surface area (Å²) in [6.07, 6.45) is 0. The Hall–Kier alpha value is -3.22. The number of rotatable bonds is 4. The van der Waals surface area contributed by atoms with E-state index in [4.69, 9.17) is 0 Å². The van der Waals surface area contributed by atoms with Gasteiger partial charge in [-0.15, -0.1) is 0 Å². The zero-order valence-electron chi connectivity index (χ0n) is 14.1. The van der Waals surface area contributed by atoms with Crippen LogP contribution < -0.4 is 5.32 Å². The summed E-state index contributed by atoms with van der Waals surface area (Å²) in [4.78, 5) is 13.6. The summed E-state index contributed by atoms with van der Waals surface area (Å²) < 4.78 is 1.83. The highest BCUT2D eigenvalue weighted by atomic mass is 16.2. The van der Waals surface area contributed by atoms with Crippen molar-refractivity contribution in [2.24, 2.45) is 7.05 Å². The Morgan fingerprint density at radius 3 is 2.52 bits per heavy atom. The molecule has 7 heteroatoms. The van der Waals surface area contributed by atoms with Gasteiger partial charge in [-0.1, -0.05) is 23.8 Å². The monoisotopic (exact) mass is 334 g/mol. The third-order valence-corrected chi connectivity index (χ3v) is 4.15. The van der Waals surface area contributed by atoms with Crippen LogP contribution in [0.2, 0.25) is 0 Å². The Kier molecular flexibility index (Phi) is 3.68. The highest BCUT2D eigenvalue weighted by molar-refractivity contribution is 5.83. The summed E-state index contributed by atoms with van der Waals surface area (Å²) in [6.45, 7) is 2.50. The maximum absolute atomic E-state index is 12.2. The fraction of sp³-hybridized carbons (Fsp3) is 0.222. The summed E-state index contributed by atoms with van der Waals surface area (Å²) >= 11 is 0. The molecule has 4 aromatic rings. The topological polar surface area (TPSA) is 77.6 Å². The summed E-state index contributed by atoms with van der Waals surface area (Å²) in [7, 11) is 1.90. The van der Waals surface area contributed by atoms with E-state index in [9.17, 15) is 4.79 Å². The number of hydrogen-bond donors (Lipinski definition) is 1. The average Bonchev–Trinajstić information content (AvgIpc) is 3.13. The number of aromatic nitrogens is 5. The van der Waals surface area contributed by atoms with E-state index in [-0.39, 0.29) is 12.5 Å². The van der Waals surface area contributed by atoms with Crippen LogP contribution in [-0.4, -0.2) is 30.7 Å². The van der Waals surface area contributed by atoms with E-state index >= 15 is 0 Å². The lowest BCUT2D eigenvalue weighted by atomic mass is 10.1. The molecule has 1 amide bonds. The summed E-state index contributed by atoms with van der Waals surface area (Å²) in [6, 6.07) is 13.7. The molecule has 0 unspecified atom stereocenters. The Morgan fingerprint density at radius 2 is 1.80 bits per heavy atom. The van der Waals surface area contributed by atoms with E-state index < -0.39 is 0 Å². The number of nitrogens with zero attached hydrogens (tertiary/aromatic N) is 5. The molecule has 0 atom stereocenters. The minimum Gasteiger partial charge on any atom is -0.349 e. The lowest BCUT2D eigenvalue weighted by Crippen LogP contribution is -2.28. The van der Waals surface area contributed by atoms with Crippen molar-refractivity contribution in [3.63, 3.8) is 0 Å². The summed E-state index contributed by atoms with van der Waals surface area (Å²) in [5.41, 5.74) is 4.63. The first-order valence-electron chi connectivity index (χ1n) is 8.09. The predicted octanol–water partition coefficient (Wildman–Crippen LogP) is 1.94. The van der Waals surface area contributed by atoms with Gasteiger partial charge in [0.2, 0.25) is 5.91 Å². The second-order valence-electron chi connectivity index (χ2n) is 6.09. The van der Waals surface area contributed by atoms with Crippen LogP contribution in [-0.2, 0) is 24.9 Å². The molecule has 2 heterocycles. The molecule has 25 heavy (non-hydrogen) atoms. The molecule has 0 fully saturated rings. The summed E-state index contributed by atoms with van der Waals surface area (Å²) in [5.74, 6) is -0.147. The number of carbonyl (C=O) groups is 1. The van der Waals surface area contributed by atoms with Gasteiger partial charge in [0.1, 0.15) is 17.6 Å². The van der Waals surface area contributed by atoms with Crippen molar-refractivity contribution in [2.45, 2.75) is 20.0 Å². The van der Waals surface area contributed by atoms with Gasteiger partial charge in [0.15, 0.2) is 0 Å². The SMILES string of the molecule is Cc1ccc2c(c1)c(CNC(=O)Cn1nc3ccccc3n1)nn2C. The van der Waals surface area contributed by atoms with Crippen molar-refractivity contribution in [3.05, 3.63) is 53.7 Å². The van der Waals surface area contributed by atoms with Crippen molar-refractivity contribution in [1.29, 1.82) is 0 Å². The number of fused-ring (bicyclic) bond motifs is 2. The average molecular weight is 334 g/mol. The third kappa shape index (κ3) is 2.96. The molecule has 0 spiro atoms. The van der Waals surface area contributed by atoms with E-state index in [1.807, 2.05) is 49.0 Å². The van der Waals surface area contributed by atoms with Crippen LogP contribution in [0.15, 0.2) is 42.5 Å². The van der Waals surface area contributed by atoms with Crippen molar-refractivity contribution >= 4 is 27.8 Å². The first kappa shape index (κ1) is 15.3. The van der Waals surface area contributed by atoms with Crippen molar-refractivity contribution in [2.75, 3.05) is 0 Å². The maximum Gasteiger partial charge on any atom is 0.243 e. The molecule has 2 aromatic carbocycles. The molecule has 0 aliphatic rings. The second kappa shape index (κ2) is 6.01. The molecule has 0 saturated carbocycles. The smallest absolute Gasteiger partial charge is 0.243 e. The Bertz CT molecular complexity index is 1040. The van der Waals surface area contributed by atoms with E-state index in [1.165, 1.54) is 10.4 Å². The van der Waals surface area contributed by atoms with Gasteiger partial charge in [-0.05, 0) is 31.2 Å². The Morgan fingerprint density at radius 1 is 1.08 bits per heavy atom. The van der Waals surface area contributed by atoms with Crippen LogP contribution in [0.1, 0.15) is 11.3 Å². The number of amides is 1. The maximum atomic E-state index is 12.2. The number of hydrogen-bond acceptors (Lipinski definition) is 4. The summed E-state index contributed by atoms with van der Waals surface area (Å²) in [5, 5.41) is 17.1. The quantitative estimate of drug-likeness (QED) is 0.619. The predicted molar refractivity (Wildman–Crippen MR) is 94.8 cm³/mol. The van der Waals surface area contributed by atoms with Gasteiger partial charge in [-0.2, -0.15) is 20.1 Å². The number of carbonyl (C=O) groups excluding carboxylic acids is 1. The van der Waals surface area contributed by atoms with Crippen LogP contribution >= 0.6 is 0 Å². The van der Waals surface area contributed by atoms with Gasteiger partial charge < -0.3 is 5.32 Å². The van der Waals surface area contributed by atoms with Crippen LogP contribution in [0.5, 0.6) is 0 Å². The van der Waals surface area contributed by atoms with Crippen molar-refractivity contribution in [1.82, 2.24) is 30.1 Å². The molecule has 0 aliphatic carbocycles. The van der Waals surface area contributed by atoms with E-state index in [2.05, 4.69) is 32.7 Å². The standard InChI is InChI=1S/C18H18N6O/c1-12-7-8-17-13(9-12)16(20-23(17)2)10-19-18(25)11-24-21-14-5-3-4-6-15(14)22-24/h3-9H,10-11H2,1-2H3,(H,19,25). The van der Waals surface area contributed by atoms with Gasteiger partial charge in [-0.25, -0.2) is 0 Å². The number of benzene rings is 2. The second-order valence-corrected chi connectivity index (χ2v) is 6.09. The highest BCUT2D eigenvalue weighted by Gasteiger charge is 2.11. The van der Waals surface area contributed by atoms with Gasteiger partial charge >= 0.3 is 0 Å². The van der Waals surface area contributed by atoms with Crippen LogP contribution in [0, 0.1) is 6.92 Å². The first-order valence-corrected chi connectivity index (χ1v) is 8.09. The zero-order valence-corrected chi connectivity index (χ0v) is 14.1. The molecular weight excluding hydrogens is 316 g/mol. The first-order chi connectivity index (χ1) is 12.1. The molecule has 2 aromatic heterocycles. The van der Waals surface area contributed by atoms with Gasteiger partial charge in [-0.3, -0.25) is 9.48 Å².